The Balaban J connectivity index is 1.53. The van der Waals surface area contributed by atoms with E-state index in [1.165, 1.54) is 5.56 Å². The molecule has 0 saturated heterocycles. The second-order valence-electron chi connectivity index (χ2n) is 7.42. The van der Waals surface area contributed by atoms with Crippen molar-refractivity contribution in [3.63, 3.8) is 0 Å². The number of hydrogen-bond acceptors (Lipinski definition) is 5. The molecule has 0 atom stereocenters. The van der Waals surface area contributed by atoms with Gasteiger partial charge in [-0.25, -0.2) is 0 Å². The molecule has 31 heavy (non-hydrogen) atoms. The summed E-state index contributed by atoms with van der Waals surface area (Å²) in [6.07, 6.45) is 0. The lowest BCUT2D eigenvalue weighted by atomic mass is 10.1. The first-order chi connectivity index (χ1) is 15.0. The molecule has 0 aliphatic rings. The van der Waals surface area contributed by atoms with E-state index in [0.29, 0.717) is 23.7 Å². The minimum Gasteiger partial charge on any atom is -0.496 e. The molecule has 2 aromatic carbocycles. The van der Waals surface area contributed by atoms with E-state index in [-0.39, 0.29) is 11.6 Å². The molecule has 0 aliphatic carbocycles. The maximum Gasteiger partial charge on any atom is 0.277 e. The molecule has 2 aromatic heterocycles. The molecular weight excluding hydrogens is 392 g/mol. The number of nitrogens with one attached hydrogen (secondary N) is 1. The smallest absolute Gasteiger partial charge is 0.277 e. The van der Waals surface area contributed by atoms with Crippen molar-refractivity contribution in [1.82, 2.24) is 14.9 Å². The fraction of sp³-hybridized carbons (Fsp3) is 0.208. The summed E-state index contributed by atoms with van der Waals surface area (Å²) in [7, 11) is 1.59. The maximum atomic E-state index is 12.8. The molecule has 158 valence electrons. The van der Waals surface area contributed by atoms with Gasteiger partial charge in [0.25, 0.3) is 5.91 Å². The monoisotopic (exact) mass is 416 g/mol. The SMILES string of the molecule is COc1ccccc1-c1cc(C(=O)Nc2c(C)nn(Cc3ccc(C)cc3)c2C)no1. The van der Waals surface area contributed by atoms with E-state index in [1.54, 1.807) is 13.2 Å². The van der Waals surface area contributed by atoms with E-state index in [9.17, 15) is 4.79 Å². The average Bonchev–Trinajstić information content (AvgIpc) is 3.36. The first-order valence-corrected chi connectivity index (χ1v) is 9.97. The molecule has 0 unspecified atom stereocenters. The van der Waals surface area contributed by atoms with Crippen molar-refractivity contribution in [2.24, 2.45) is 0 Å². The summed E-state index contributed by atoms with van der Waals surface area (Å²) in [5.41, 5.74) is 5.57. The lowest BCUT2D eigenvalue weighted by Crippen LogP contribution is -2.13. The first-order valence-electron chi connectivity index (χ1n) is 9.97. The second-order valence-corrected chi connectivity index (χ2v) is 7.42. The number of nitrogens with zero attached hydrogens (tertiary/aromatic N) is 3. The van der Waals surface area contributed by atoms with Crippen LogP contribution in [-0.2, 0) is 6.54 Å². The summed E-state index contributed by atoms with van der Waals surface area (Å²) in [5, 5.41) is 11.5. The molecule has 0 aliphatic heterocycles. The number of methoxy groups -OCH3 is 1. The topological polar surface area (TPSA) is 82.2 Å². The number of aromatic nitrogens is 3. The lowest BCUT2D eigenvalue weighted by Gasteiger charge is -2.07. The van der Waals surface area contributed by atoms with Crippen molar-refractivity contribution in [3.05, 3.63) is 82.8 Å². The zero-order valence-corrected chi connectivity index (χ0v) is 18.0. The van der Waals surface area contributed by atoms with E-state index < -0.39 is 0 Å². The molecule has 7 heteroatoms. The number of anilines is 1. The number of amides is 1. The molecule has 4 rings (SSSR count). The van der Waals surface area contributed by atoms with Crippen molar-refractivity contribution in [3.8, 4) is 17.1 Å². The number of carbonyl (C=O) groups excluding carboxylic acids is 1. The van der Waals surface area contributed by atoms with E-state index in [1.807, 2.05) is 42.8 Å². The summed E-state index contributed by atoms with van der Waals surface area (Å²) >= 11 is 0. The molecule has 4 aromatic rings. The Hall–Kier alpha value is -3.87. The molecule has 1 amide bonds. The van der Waals surface area contributed by atoms with Gasteiger partial charge in [0.2, 0.25) is 0 Å². The van der Waals surface area contributed by atoms with Gasteiger partial charge in [0.05, 0.1) is 36.3 Å². The molecule has 0 radical (unpaired) electrons. The van der Waals surface area contributed by atoms with E-state index in [2.05, 4.69) is 46.8 Å². The Labute approximate surface area is 180 Å². The van der Waals surface area contributed by atoms with Gasteiger partial charge in [-0.1, -0.05) is 47.1 Å². The molecule has 0 fully saturated rings. The number of carbonyl (C=O) groups is 1. The third kappa shape index (κ3) is 4.21. The zero-order valence-electron chi connectivity index (χ0n) is 18.0. The van der Waals surface area contributed by atoms with Gasteiger partial charge in [-0.05, 0) is 38.5 Å². The largest absolute Gasteiger partial charge is 0.496 e. The van der Waals surface area contributed by atoms with Crippen LogP contribution in [0.1, 0.15) is 33.0 Å². The molecule has 0 bridgehead atoms. The van der Waals surface area contributed by atoms with Crippen molar-refractivity contribution in [2.75, 3.05) is 12.4 Å². The van der Waals surface area contributed by atoms with Crippen molar-refractivity contribution >= 4 is 11.6 Å². The van der Waals surface area contributed by atoms with Gasteiger partial charge < -0.3 is 14.6 Å². The third-order valence-electron chi connectivity index (χ3n) is 5.19. The molecule has 7 nitrogen and oxygen atoms in total. The van der Waals surface area contributed by atoms with Crippen LogP contribution < -0.4 is 10.1 Å². The molecule has 2 heterocycles. The molecule has 0 spiro atoms. The molecular formula is C24H24N4O3. The number of aryl methyl sites for hydroxylation is 2. The Kier molecular flexibility index (Phi) is 5.58. The van der Waals surface area contributed by atoms with Crippen LogP contribution in [0.3, 0.4) is 0 Å². The third-order valence-corrected chi connectivity index (χ3v) is 5.19. The van der Waals surface area contributed by atoms with Gasteiger partial charge in [0.15, 0.2) is 11.5 Å². The lowest BCUT2D eigenvalue weighted by molar-refractivity contribution is 0.101. The average molecular weight is 416 g/mol. The predicted molar refractivity (Wildman–Crippen MR) is 118 cm³/mol. The fourth-order valence-corrected chi connectivity index (χ4v) is 3.43. The summed E-state index contributed by atoms with van der Waals surface area (Å²) in [5.74, 6) is 0.756. The number of rotatable bonds is 6. The Morgan fingerprint density at radius 1 is 1.10 bits per heavy atom. The van der Waals surface area contributed by atoms with Crippen LogP contribution in [0.4, 0.5) is 5.69 Å². The highest BCUT2D eigenvalue weighted by Gasteiger charge is 2.19. The summed E-state index contributed by atoms with van der Waals surface area (Å²) in [6.45, 7) is 6.50. The first kappa shape index (κ1) is 20.4. The summed E-state index contributed by atoms with van der Waals surface area (Å²) in [6, 6.07) is 17.3. The number of para-hydroxylation sites is 1. The van der Waals surface area contributed by atoms with Gasteiger partial charge in [0.1, 0.15) is 5.75 Å². The number of hydrogen-bond donors (Lipinski definition) is 1. The summed E-state index contributed by atoms with van der Waals surface area (Å²) < 4.78 is 12.6. The zero-order chi connectivity index (χ0) is 22.0. The predicted octanol–water partition coefficient (Wildman–Crippen LogP) is 4.77. The normalized spacial score (nSPS) is 10.8. The van der Waals surface area contributed by atoms with Gasteiger partial charge in [0, 0.05) is 6.07 Å². The minimum absolute atomic E-state index is 0.186. The minimum atomic E-state index is -0.356. The molecule has 1 N–H and O–H groups in total. The molecule has 0 saturated carbocycles. The van der Waals surface area contributed by atoms with Crippen molar-refractivity contribution in [1.29, 1.82) is 0 Å². The van der Waals surface area contributed by atoms with Crippen molar-refractivity contribution < 1.29 is 14.1 Å². The van der Waals surface area contributed by atoms with E-state index in [4.69, 9.17) is 9.26 Å². The summed E-state index contributed by atoms with van der Waals surface area (Å²) in [4.78, 5) is 12.8. The number of ether oxygens (including phenoxy) is 1. The Bertz CT molecular complexity index is 1220. The van der Waals surface area contributed by atoms with Gasteiger partial charge >= 0.3 is 0 Å². The highest BCUT2D eigenvalue weighted by molar-refractivity contribution is 6.04. The Morgan fingerprint density at radius 3 is 2.58 bits per heavy atom. The van der Waals surface area contributed by atoms with Gasteiger partial charge in [-0.15, -0.1) is 0 Å². The van der Waals surface area contributed by atoms with Gasteiger partial charge in [-0.2, -0.15) is 5.10 Å². The van der Waals surface area contributed by atoms with E-state index in [0.717, 1.165) is 22.5 Å². The number of benzene rings is 2. The van der Waals surface area contributed by atoms with E-state index >= 15 is 0 Å². The highest BCUT2D eigenvalue weighted by atomic mass is 16.5. The fourth-order valence-electron chi connectivity index (χ4n) is 3.43. The second kappa shape index (κ2) is 8.47. The van der Waals surface area contributed by atoms with Crippen LogP contribution in [0.2, 0.25) is 0 Å². The van der Waals surface area contributed by atoms with Crippen LogP contribution in [0, 0.1) is 20.8 Å². The quantitative estimate of drug-likeness (QED) is 0.489. The Morgan fingerprint density at radius 2 is 1.84 bits per heavy atom. The van der Waals surface area contributed by atoms with Crippen LogP contribution in [0.15, 0.2) is 59.1 Å². The van der Waals surface area contributed by atoms with Crippen LogP contribution in [0.25, 0.3) is 11.3 Å². The van der Waals surface area contributed by atoms with Crippen LogP contribution in [-0.4, -0.2) is 28.0 Å². The standard InChI is InChI=1S/C24H24N4O3/c1-15-9-11-18(12-10-15)14-28-17(3)23(16(2)26-28)25-24(29)20-13-22(31-27-20)19-7-5-6-8-21(19)30-4/h5-13H,14H2,1-4H3,(H,25,29). The van der Waals surface area contributed by atoms with Crippen LogP contribution >= 0.6 is 0 Å². The van der Waals surface area contributed by atoms with Crippen molar-refractivity contribution in [2.45, 2.75) is 27.3 Å². The maximum absolute atomic E-state index is 12.8. The highest BCUT2D eigenvalue weighted by Crippen LogP contribution is 2.30. The van der Waals surface area contributed by atoms with Gasteiger partial charge in [-0.3, -0.25) is 9.48 Å². The van der Waals surface area contributed by atoms with Crippen LogP contribution in [0.5, 0.6) is 5.75 Å².